The molecule has 6 nitrogen and oxygen atoms in total. The maximum absolute atomic E-state index is 12.0. The van der Waals surface area contributed by atoms with Crippen LogP contribution in [0.1, 0.15) is 24.0 Å². The van der Waals surface area contributed by atoms with E-state index in [4.69, 9.17) is 27.9 Å². The van der Waals surface area contributed by atoms with Crippen molar-refractivity contribution in [3.63, 3.8) is 0 Å². The van der Waals surface area contributed by atoms with Crippen molar-refractivity contribution in [1.82, 2.24) is 0 Å². The average molecular weight is 423 g/mol. The number of amides is 2. The first kappa shape index (κ1) is 21.7. The molecular formula is C20H20Cl2N2O4. The molecular weight excluding hydrogens is 403 g/mol. The number of halogens is 2. The second kappa shape index (κ2) is 10.1. The summed E-state index contributed by atoms with van der Waals surface area (Å²) < 4.78 is 4.88. The minimum Gasteiger partial charge on any atom is -0.456 e. The molecule has 2 rings (SSSR count). The lowest BCUT2D eigenvalue weighted by Gasteiger charge is -2.10. The Kier molecular flexibility index (Phi) is 7.84. The van der Waals surface area contributed by atoms with E-state index in [-0.39, 0.29) is 23.8 Å². The van der Waals surface area contributed by atoms with E-state index in [0.29, 0.717) is 16.4 Å². The molecule has 148 valence electrons. The molecule has 0 spiro atoms. The number of esters is 1. The lowest BCUT2D eigenvalue weighted by atomic mass is 10.1. The van der Waals surface area contributed by atoms with Crippen LogP contribution in [0.3, 0.4) is 0 Å². The van der Waals surface area contributed by atoms with E-state index in [0.717, 1.165) is 11.1 Å². The number of nitrogens with one attached hydrogen (secondary N) is 2. The van der Waals surface area contributed by atoms with Gasteiger partial charge in [0.05, 0.1) is 17.1 Å². The highest BCUT2D eigenvalue weighted by molar-refractivity contribution is 6.36. The van der Waals surface area contributed by atoms with Gasteiger partial charge in [0, 0.05) is 17.1 Å². The van der Waals surface area contributed by atoms with Gasteiger partial charge in [0.25, 0.3) is 5.91 Å². The summed E-state index contributed by atoms with van der Waals surface area (Å²) in [5.74, 6) is -1.49. The smallest absolute Gasteiger partial charge is 0.306 e. The lowest BCUT2D eigenvalue weighted by molar-refractivity contribution is -0.147. The number of carbonyl (C=O) groups is 3. The summed E-state index contributed by atoms with van der Waals surface area (Å²) >= 11 is 11.7. The third-order valence-electron chi connectivity index (χ3n) is 3.79. The third kappa shape index (κ3) is 6.87. The fourth-order valence-electron chi connectivity index (χ4n) is 2.29. The summed E-state index contributed by atoms with van der Waals surface area (Å²) in [4.78, 5) is 35.6. The molecule has 0 aliphatic rings. The van der Waals surface area contributed by atoms with Gasteiger partial charge in [0.2, 0.25) is 5.91 Å². The van der Waals surface area contributed by atoms with Crippen LogP contribution in [0.15, 0.2) is 36.4 Å². The van der Waals surface area contributed by atoms with E-state index >= 15 is 0 Å². The quantitative estimate of drug-likeness (QED) is 0.642. The molecule has 0 fully saturated rings. The van der Waals surface area contributed by atoms with Gasteiger partial charge in [0.1, 0.15) is 0 Å². The minimum atomic E-state index is -0.645. The summed E-state index contributed by atoms with van der Waals surface area (Å²) in [7, 11) is 0. The fraction of sp³-hybridized carbons (Fsp3) is 0.250. The first-order valence-electron chi connectivity index (χ1n) is 8.52. The summed E-state index contributed by atoms with van der Waals surface area (Å²) in [6, 6.07) is 10.3. The van der Waals surface area contributed by atoms with Crippen molar-refractivity contribution in [3.05, 3.63) is 57.6 Å². The van der Waals surface area contributed by atoms with E-state index in [1.54, 1.807) is 12.1 Å². The molecule has 2 amide bonds. The Labute approximate surface area is 173 Å². The maximum Gasteiger partial charge on any atom is 0.306 e. The molecule has 0 saturated heterocycles. The Morgan fingerprint density at radius 1 is 0.893 bits per heavy atom. The fourth-order valence-corrected chi connectivity index (χ4v) is 2.75. The zero-order valence-corrected chi connectivity index (χ0v) is 17.0. The molecule has 2 aromatic rings. The van der Waals surface area contributed by atoms with Crippen molar-refractivity contribution in [2.75, 3.05) is 17.2 Å². The molecule has 8 heteroatoms. The number of rotatable bonds is 7. The molecule has 0 aromatic heterocycles. The van der Waals surface area contributed by atoms with Gasteiger partial charge < -0.3 is 15.4 Å². The number of ether oxygens (including phenoxy) is 1. The first-order chi connectivity index (χ1) is 13.2. The van der Waals surface area contributed by atoms with E-state index in [9.17, 15) is 14.4 Å². The van der Waals surface area contributed by atoms with Crippen LogP contribution in [-0.4, -0.2) is 24.4 Å². The minimum absolute atomic E-state index is 0.0448. The van der Waals surface area contributed by atoms with Gasteiger partial charge in [-0.2, -0.15) is 0 Å². The molecule has 28 heavy (non-hydrogen) atoms. The van der Waals surface area contributed by atoms with Crippen LogP contribution >= 0.6 is 23.2 Å². The molecule has 0 aliphatic carbocycles. The number of carbonyl (C=O) groups excluding carboxylic acids is 3. The Morgan fingerprint density at radius 3 is 2.32 bits per heavy atom. The number of aryl methyl sites for hydroxylation is 2. The Balaban J connectivity index is 1.74. The van der Waals surface area contributed by atoms with Gasteiger partial charge in [-0.25, -0.2) is 0 Å². The molecule has 0 bridgehead atoms. The molecule has 0 saturated carbocycles. The predicted octanol–water partition coefficient (Wildman–Crippen LogP) is 4.51. The van der Waals surface area contributed by atoms with Gasteiger partial charge >= 0.3 is 5.97 Å². The number of hydrogen-bond donors (Lipinski definition) is 2. The first-order valence-corrected chi connectivity index (χ1v) is 9.28. The molecule has 0 radical (unpaired) electrons. The van der Waals surface area contributed by atoms with Gasteiger partial charge in [-0.15, -0.1) is 0 Å². The summed E-state index contributed by atoms with van der Waals surface area (Å²) in [5, 5.41) is 5.99. The van der Waals surface area contributed by atoms with Crippen molar-refractivity contribution in [2.45, 2.75) is 26.7 Å². The van der Waals surface area contributed by atoms with E-state index in [2.05, 4.69) is 10.6 Å². The van der Waals surface area contributed by atoms with E-state index in [1.165, 1.54) is 6.07 Å². The van der Waals surface area contributed by atoms with Crippen molar-refractivity contribution in [2.24, 2.45) is 0 Å². The van der Waals surface area contributed by atoms with Crippen molar-refractivity contribution in [1.29, 1.82) is 0 Å². The summed E-state index contributed by atoms with van der Waals surface area (Å²) in [5.41, 5.74) is 3.02. The molecule has 2 aromatic carbocycles. The highest BCUT2D eigenvalue weighted by Crippen LogP contribution is 2.25. The second-order valence-electron chi connectivity index (χ2n) is 6.20. The topological polar surface area (TPSA) is 84.5 Å². The van der Waals surface area contributed by atoms with Crippen molar-refractivity contribution in [3.8, 4) is 0 Å². The van der Waals surface area contributed by atoms with Crippen LogP contribution in [0.25, 0.3) is 0 Å². The maximum atomic E-state index is 12.0. The molecule has 0 atom stereocenters. The number of hydrogen-bond acceptors (Lipinski definition) is 4. The van der Waals surface area contributed by atoms with Crippen molar-refractivity contribution < 1.29 is 19.1 Å². The monoisotopic (exact) mass is 422 g/mol. The van der Waals surface area contributed by atoms with Crippen molar-refractivity contribution >= 4 is 52.4 Å². The molecule has 0 heterocycles. The van der Waals surface area contributed by atoms with Crippen LogP contribution in [0, 0.1) is 13.8 Å². The van der Waals surface area contributed by atoms with E-state index in [1.807, 2.05) is 32.0 Å². The number of benzene rings is 2. The van der Waals surface area contributed by atoms with Crippen LogP contribution in [-0.2, 0) is 19.1 Å². The zero-order chi connectivity index (χ0) is 20.7. The SMILES string of the molecule is Cc1ccc(C)c(NC(=O)CCC(=O)OCC(=O)Nc2ccc(Cl)cc2Cl)c1. The van der Waals surface area contributed by atoms with Crippen LogP contribution in [0.4, 0.5) is 11.4 Å². The van der Waals surface area contributed by atoms with Gasteiger partial charge in [0.15, 0.2) is 6.61 Å². The zero-order valence-electron chi connectivity index (χ0n) is 15.5. The molecule has 0 aliphatic heterocycles. The van der Waals surface area contributed by atoms with Crippen LogP contribution in [0.2, 0.25) is 10.0 Å². The Hall–Kier alpha value is -2.57. The van der Waals surface area contributed by atoms with Crippen LogP contribution < -0.4 is 10.6 Å². The van der Waals surface area contributed by atoms with Gasteiger partial charge in [-0.1, -0.05) is 35.3 Å². The normalized spacial score (nSPS) is 10.3. The van der Waals surface area contributed by atoms with Gasteiger partial charge in [-0.05, 0) is 49.2 Å². The standard InChI is InChI=1S/C20H20Cl2N2O4/c1-12-3-4-13(2)17(9-12)24-18(25)7-8-20(27)28-11-19(26)23-16-6-5-14(21)10-15(16)22/h3-6,9-10H,7-8,11H2,1-2H3,(H,23,26)(H,24,25). The molecule has 2 N–H and O–H groups in total. The highest BCUT2D eigenvalue weighted by atomic mass is 35.5. The lowest BCUT2D eigenvalue weighted by Crippen LogP contribution is -2.22. The summed E-state index contributed by atoms with van der Waals surface area (Å²) in [6.07, 6.45) is -0.178. The molecule has 0 unspecified atom stereocenters. The Bertz CT molecular complexity index is 900. The van der Waals surface area contributed by atoms with Crippen LogP contribution in [0.5, 0.6) is 0 Å². The average Bonchev–Trinajstić information content (AvgIpc) is 2.63. The van der Waals surface area contributed by atoms with Gasteiger partial charge in [-0.3, -0.25) is 14.4 Å². The van der Waals surface area contributed by atoms with E-state index < -0.39 is 18.5 Å². The summed E-state index contributed by atoms with van der Waals surface area (Å²) in [6.45, 7) is 3.33. The third-order valence-corrected chi connectivity index (χ3v) is 4.34. The number of anilines is 2. The Morgan fingerprint density at radius 2 is 1.61 bits per heavy atom. The highest BCUT2D eigenvalue weighted by Gasteiger charge is 2.12. The largest absolute Gasteiger partial charge is 0.456 e. The second-order valence-corrected chi connectivity index (χ2v) is 7.04. The predicted molar refractivity (Wildman–Crippen MR) is 110 cm³/mol.